The molecule has 0 spiro atoms. The molecule has 1 heterocycles. The predicted octanol–water partition coefficient (Wildman–Crippen LogP) is 3.67. The molecule has 1 N–H and O–H groups in total. The third-order valence-corrected chi connectivity index (χ3v) is 3.89. The zero-order valence-electron chi connectivity index (χ0n) is 9.65. The Bertz CT molecular complexity index is 610. The number of thiophene rings is 1. The first-order valence-corrected chi connectivity index (χ1v) is 6.96. The molecule has 0 fully saturated rings. The second kappa shape index (κ2) is 6.19. The third kappa shape index (κ3) is 3.56. The van der Waals surface area contributed by atoms with E-state index >= 15 is 0 Å². The zero-order chi connectivity index (χ0) is 13.8. The standard InChI is InChI=1S/C13H9Cl2NO2S/c14-11-6-9(12(15)19-11)13(18)16-7-10(17)8-4-2-1-3-5-8/h1-6H,7H2,(H,16,18). The SMILES string of the molecule is O=C(CNC(=O)c1cc(Cl)sc1Cl)c1ccccc1. The Morgan fingerprint density at radius 2 is 1.84 bits per heavy atom. The topological polar surface area (TPSA) is 46.2 Å². The first-order valence-electron chi connectivity index (χ1n) is 5.39. The first kappa shape index (κ1) is 14.1. The van der Waals surface area contributed by atoms with E-state index in [0.29, 0.717) is 14.2 Å². The minimum Gasteiger partial charge on any atom is -0.345 e. The summed E-state index contributed by atoms with van der Waals surface area (Å²) < 4.78 is 0.749. The molecule has 3 nitrogen and oxygen atoms in total. The molecule has 0 saturated heterocycles. The van der Waals surface area contributed by atoms with E-state index in [-0.39, 0.29) is 17.9 Å². The Balaban J connectivity index is 1.98. The maximum absolute atomic E-state index is 11.8. The number of nitrogens with one attached hydrogen (secondary N) is 1. The van der Waals surface area contributed by atoms with Crippen molar-refractivity contribution in [2.75, 3.05) is 6.54 Å². The van der Waals surface area contributed by atoms with Gasteiger partial charge in [-0.1, -0.05) is 53.5 Å². The third-order valence-electron chi connectivity index (χ3n) is 2.41. The Hall–Kier alpha value is -1.36. The molecule has 1 amide bonds. The summed E-state index contributed by atoms with van der Waals surface area (Å²) in [5.41, 5.74) is 0.842. The summed E-state index contributed by atoms with van der Waals surface area (Å²) in [5.74, 6) is -0.566. The lowest BCUT2D eigenvalue weighted by atomic mass is 10.1. The Kier molecular flexibility index (Phi) is 4.58. The van der Waals surface area contributed by atoms with Crippen molar-refractivity contribution in [1.82, 2.24) is 5.32 Å². The van der Waals surface area contributed by atoms with Gasteiger partial charge in [0.25, 0.3) is 5.91 Å². The van der Waals surface area contributed by atoms with Crippen molar-refractivity contribution >= 4 is 46.2 Å². The minimum atomic E-state index is -0.405. The van der Waals surface area contributed by atoms with Crippen molar-refractivity contribution in [3.05, 3.63) is 56.2 Å². The van der Waals surface area contributed by atoms with Gasteiger partial charge >= 0.3 is 0 Å². The minimum absolute atomic E-state index is 0.0767. The normalized spacial score (nSPS) is 10.2. The van der Waals surface area contributed by atoms with Crippen molar-refractivity contribution in [1.29, 1.82) is 0 Å². The molecule has 98 valence electrons. The lowest BCUT2D eigenvalue weighted by Crippen LogP contribution is -2.29. The van der Waals surface area contributed by atoms with E-state index in [1.165, 1.54) is 6.07 Å². The van der Waals surface area contributed by atoms with Gasteiger partial charge in [-0.2, -0.15) is 0 Å². The Morgan fingerprint density at radius 1 is 1.16 bits per heavy atom. The molecule has 0 aliphatic carbocycles. The van der Waals surface area contributed by atoms with Crippen LogP contribution in [0, 0.1) is 0 Å². The molecule has 0 atom stereocenters. The summed E-state index contributed by atoms with van der Waals surface area (Å²) in [7, 11) is 0. The number of hydrogen-bond acceptors (Lipinski definition) is 3. The molecular weight excluding hydrogens is 305 g/mol. The fourth-order valence-corrected chi connectivity index (χ4v) is 2.94. The second-order valence-electron chi connectivity index (χ2n) is 3.71. The molecule has 2 rings (SSSR count). The lowest BCUT2D eigenvalue weighted by Gasteiger charge is -2.03. The fourth-order valence-electron chi connectivity index (χ4n) is 1.48. The van der Waals surface area contributed by atoms with Gasteiger partial charge in [0, 0.05) is 5.56 Å². The molecule has 1 aromatic carbocycles. The smallest absolute Gasteiger partial charge is 0.254 e. The fraction of sp³-hybridized carbons (Fsp3) is 0.0769. The maximum Gasteiger partial charge on any atom is 0.254 e. The zero-order valence-corrected chi connectivity index (χ0v) is 12.0. The van der Waals surface area contributed by atoms with Crippen molar-refractivity contribution < 1.29 is 9.59 Å². The number of amides is 1. The molecule has 0 bridgehead atoms. The van der Waals surface area contributed by atoms with Crippen LogP contribution in [-0.4, -0.2) is 18.2 Å². The summed E-state index contributed by atoms with van der Waals surface area (Å²) in [6, 6.07) is 10.2. The molecular formula is C13H9Cl2NO2S. The number of hydrogen-bond donors (Lipinski definition) is 1. The summed E-state index contributed by atoms with van der Waals surface area (Å²) in [5, 5.41) is 2.53. The molecule has 0 aliphatic heterocycles. The number of halogens is 2. The summed E-state index contributed by atoms with van der Waals surface area (Å²) in [4.78, 5) is 23.6. The van der Waals surface area contributed by atoms with Crippen LogP contribution in [0.5, 0.6) is 0 Å². The number of carbonyl (C=O) groups is 2. The number of rotatable bonds is 4. The van der Waals surface area contributed by atoms with Crippen LogP contribution >= 0.6 is 34.5 Å². The van der Waals surface area contributed by atoms with Crippen molar-refractivity contribution in [2.24, 2.45) is 0 Å². The van der Waals surface area contributed by atoms with E-state index in [0.717, 1.165) is 11.3 Å². The maximum atomic E-state index is 11.8. The Morgan fingerprint density at radius 3 is 2.42 bits per heavy atom. The molecule has 0 saturated carbocycles. The highest BCUT2D eigenvalue weighted by Crippen LogP contribution is 2.30. The van der Waals surface area contributed by atoms with Gasteiger partial charge in [-0.25, -0.2) is 0 Å². The van der Waals surface area contributed by atoms with E-state index in [9.17, 15) is 9.59 Å². The van der Waals surface area contributed by atoms with E-state index in [1.54, 1.807) is 24.3 Å². The van der Waals surface area contributed by atoms with Gasteiger partial charge in [-0.05, 0) is 6.07 Å². The van der Waals surface area contributed by atoms with Crippen molar-refractivity contribution in [2.45, 2.75) is 0 Å². The van der Waals surface area contributed by atoms with Crippen molar-refractivity contribution in [3.63, 3.8) is 0 Å². The van der Waals surface area contributed by atoms with E-state index in [2.05, 4.69) is 5.32 Å². The number of Topliss-reactive ketones (excluding diaryl/α,β-unsaturated/α-hetero) is 1. The van der Waals surface area contributed by atoms with Gasteiger partial charge in [-0.3, -0.25) is 9.59 Å². The van der Waals surface area contributed by atoms with Crippen LogP contribution in [-0.2, 0) is 0 Å². The molecule has 0 unspecified atom stereocenters. The van der Waals surface area contributed by atoms with Crippen LogP contribution in [0.15, 0.2) is 36.4 Å². The quantitative estimate of drug-likeness (QED) is 0.875. The molecule has 2 aromatic rings. The lowest BCUT2D eigenvalue weighted by molar-refractivity contribution is 0.0904. The highest BCUT2D eigenvalue weighted by molar-refractivity contribution is 7.20. The molecule has 1 aromatic heterocycles. The first-order chi connectivity index (χ1) is 9.08. The van der Waals surface area contributed by atoms with Crippen LogP contribution < -0.4 is 5.32 Å². The monoisotopic (exact) mass is 313 g/mol. The summed E-state index contributed by atoms with van der Waals surface area (Å²) >= 11 is 12.7. The summed E-state index contributed by atoms with van der Waals surface area (Å²) in [6.07, 6.45) is 0. The van der Waals surface area contributed by atoms with Crippen LogP contribution in [0.25, 0.3) is 0 Å². The van der Waals surface area contributed by atoms with Crippen LogP contribution in [0.4, 0.5) is 0 Å². The van der Waals surface area contributed by atoms with E-state index < -0.39 is 5.91 Å². The number of ketones is 1. The number of benzene rings is 1. The van der Waals surface area contributed by atoms with Crippen molar-refractivity contribution in [3.8, 4) is 0 Å². The van der Waals surface area contributed by atoms with Gasteiger partial charge in [0.2, 0.25) is 0 Å². The van der Waals surface area contributed by atoms with Gasteiger partial charge in [0.1, 0.15) is 4.34 Å². The predicted molar refractivity (Wildman–Crippen MR) is 77.4 cm³/mol. The molecule has 0 aliphatic rings. The van der Waals surface area contributed by atoms with E-state index in [4.69, 9.17) is 23.2 Å². The Labute approximate surface area is 124 Å². The summed E-state index contributed by atoms with van der Waals surface area (Å²) in [6.45, 7) is -0.0767. The average molecular weight is 314 g/mol. The van der Waals surface area contributed by atoms with Gasteiger partial charge in [-0.15, -0.1) is 11.3 Å². The largest absolute Gasteiger partial charge is 0.345 e. The van der Waals surface area contributed by atoms with E-state index in [1.807, 2.05) is 6.07 Å². The molecule has 0 radical (unpaired) electrons. The number of carbonyl (C=O) groups excluding carboxylic acids is 2. The van der Waals surface area contributed by atoms with Gasteiger partial charge < -0.3 is 5.32 Å². The van der Waals surface area contributed by atoms with Gasteiger partial charge in [0.15, 0.2) is 5.78 Å². The second-order valence-corrected chi connectivity index (χ2v) is 6.00. The average Bonchev–Trinajstić information content (AvgIpc) is 2.75. The molecule has 19 heavy (non-hydrogen) atoms. The van der Waals surface area contributed by atoms with Crippen LogP contribution in [0.3, 0.4) is 0 Å². The van der Waals surface area contributed by atoms with Crippen LogP contribution in [0.1, 0.15) is 20.7 Å². The highest BCUT2D eigenvalue weighted by Gasteiger charge is 2.15. The van der Waals surface area contributed by atoms with Gasteiger partial charge in [0.05, 0.1) is 16.4 Å². The molecule has 6 heteroatoms. The van der Waals surface area contributed by atoms with Crippen LogP contribution in [0.2, 0.25) is 8.67 Å². The highest BCUT2D eigenvalue weighted by atomic mass is 35.5.